The topological polar surface area (TPSA) is 102 Å². The van der Waals surface area contributed by atoms with Gasteiger partial charge >= 0.3 is 5.97 Å². The Hall–Kier alpha value is -3.52. The molecule has 0 aliphatic rings. The van der Waals surface area contributed by atoms with Gasteiger partial charge in [0.1, 0.15) is 4.88 Å². The maximum atomic E-state index is 12.6. The summed E-state index contributed by atoms with van der Waals surface area (Å²) in [5.74, 6) is -0.922. The van der Waals surface area contributed by atoms with Crippen molar-refractivity contribution in [3.8, 4) is 0 Å². The molecule has 0 aliphatic carbocycles. The maximum absolute atomic E-state index is 12.6. The molecule has 0 unspecified atom stereocenters. The number of hydrogen-bond donors (Lipinski definition) is 1. The molecule has 0 atom stereocenters. The van der Waals surface area contributed by atoms with Crippen molar-refractivity contribution in [2.75, 3.05) is 6.61 Å². The van der Waals surface area contributed by atoms with Gasteiger partial charge in [0.2, 0.25) is 5.78 Å². The van der Waals surface area contributed by atoms with Crippen LogP contribution >= 0.6 is 11.3 Å². The summed E-state index contributed by atoms with van der Waals surface area (Å²) in [6.45, 7) is 1.42. The molecular formula is C20H14N2O5S. The number of rotatable bonds is 5. The fourth-order valence-electron chi connectivity index (χ4n) is 3.16. The number of aryl methyl sites for hydroxylation is 1. The number of nitro benzene ring substituents is 1. The van der Waals surface area contributed by atoms with E-state index in [4.69, 9.17) is 4.74 Å². The molecule has 2 heterocycles. The van der Waals surface area contributed by atoms with E-state index in [9.17, 15) is 19.7 Å². The molecule has 2 aromatic carbocycles. The van der Waals surface area contributed by atoms with Crippen molar-refractivity contribution < 1.29 is 19.2 Å². The number of carbonyl (C=O) groups is 2. The van der Waals surface area contributed by atoms with Gasteiger partial charge in [0, 0.05) is 44.4 Å². The number of Topliss-reactive ketones (excluding diaryl/α,β-unsaturated/α-hetero) is 1. The molecule has 28 heavy (non-hydrogen) atoms. The lowest BCUT2D eigenvalue weighted by Gasteiger charge is -2.03. The van der Waals surface area contributed by atoms with Crippen LogP contribution in [0.4, 0.5) is 5.69 Å². The summed E-state index contributed by atoms with van der Waals surface area (Å²) in [4.78, 5) is 38.8. The highest BCUT2D eigenvalue weighted by Crippen LogP contribution is 2.29. The van der Waals surface area contributed by atoms with Gasteiger partial charge in [-0.1, -0.05) is 18.2 Å². The number of fused-ring (bicyclic) bond motifs is 2. The molecule has 2 aromatic heterocycles. The number of thiophene rings is 1. The summed E-state index contributed by atoms with van der Waals surface area (Å²) in [6.07, 6.45) is 0. The number of nitro groups is 1. The highest BCUT2D eigenvalue weighted by molar-refractivity contribution is 7.20. The SMILES string of the molecule is Cc1[nH]c2ccccc2c1C(=O)COC(=O)c1cc2cc([N+](=O)[O-])ccc2s1. The molecule has 0 spiro atoms. The van der Waals surface area contributed by atoms with Gasteiger partial charge in [0.15, 0.2) is 6.61 Å². The number of benzene rings is 2. The number of non-ortho nitro benzene ring substituents is 1. The number of hydrogen-bond acceptors (Lipinski definition) is 6. The summed E-state index contributed by atoms with van der Waals surface area (Å²) in [5.41, 5.74) is 2.03. The summed E-state index contributed by atoms with van der Waals surface area (Å²) >= 11 is 1.17. The minimum Gasteiger partial charge on any atom is -0.453 e. The lowest BCUT2D eigenvalue weighted by Crippen LogP contribution is -2.14. The van der Waals surface area contributed by atoms with Gasteiger partial charge in [-0.05, 0) is 25.1 Å². The van der Waals surface area contributed by atoms with E-state index in [1.165, 1.54) is 29.5 Å². The van der Waals surface area contributed by atoms with Crippen LogP contribution in [0.3, 0.4) is 0 Å². The first-order valence-electron chi connectivity index (χ1n) is 8.39. The van der Waals surface area contributed by atoms with Gasteiger partial charge < -0.3 is 9.72 Å². The van der Waals surface area contributed by atoms with Crippen LogP contribution in [0.25, 0.3) is 21.0 Å². The van der Waals surface area contributed by atoms with Crippen molar-refractivity contribution in [1.82, 2.24) is 4.98 Å². The fourth-order valence-corrected chi connectivity index (χ4v) is 4.09. The molecule has 0 amide bonds. The van der Waals surface area contributed by atoms with Crippen molar-refractivity contribution in [1.29, 1.82) is 0 Å². The van der Waals surface area contributed by atoms with Crippen LogP contribution in [0.15, 0.2) is 48.5 Å². The number of ether oxygens (including phenoxy) is 1. The van der Waals surface area contributed by atoms with Crippen LogP contribution < -0.4 is 0 Å². The number of aromatic nitrogens is 1. The predicted molar refractivity (Wildman–Crippen MR) is 106 cm³/mol. The van der Waals surface area contributed by atoms with Crippen LogP contribution in [-0.2, 0) is 4.74 Å². The Morgan fingerprint density at radius 3 is 2.75 bits per heavy atom. The van der Waals surface area contributed by atoms with E-state index in [0.717, 1.165) is 21.3 Å². The highest BCUT2D eigenvalue weighted by Gasteiger charge is 2.19. The van der Waals surface area contributed by atoms with Crippen LogP contribution in [-0.4, -0.2) is 28.3 Å². The van der Waals surface area contributed by atoms with Gasteiger partial charge in [-0.3, -0.25) is 14.9 Å². The van der Waals surface area contributed by atoms with Crippen molar-refractivity contribution >= 4 is 49.8 Å². The molecule has 4 aromatic rings. The lowest BCUT2D eigenvalue weighted by molar-refractivity contribution is -0.384. The number of para-hydroxylation sites is 1. The second-order valence-corrected chi connectivity index (χ2v) is 7.34. The zero-order valence-corrected chi connectivity index (χ0v) is 15.5. The van der Waals surface area contributed by atoms with E-state index in [1.807, 2.05) is 24.3 Å². The van der Waals surface area contributed by atoms with E-state index in [-0.39, 0.29) is 18.1 Å². The first kappa shape index (κ1) is 17.9. The van der Waals surface area contributed by atoms with Gasteiger partial charge in [-0.15, -0.1) is 11.3 Å². The Morgan fingerprint density at radius 2 is 1.96 bits per heavy atom. The summed E-state index contributed by atoms with van der Waals surface area (Å²) < 4.78 is 5.93. The maximum Gasteiger partial charge on any atom is 0.348 e. The molecule has 0 radical (unpaired) electrons. The van der Waals surface area contributed by atoms with Gasteiger partial charge in [-0.2, -0.15) is 0 Å². The molecule has 1 N–H and O–H groups in total. The monoisotopic (exact) mass is 394 g/mol. The normalized spacial score (nSPS) is 11.0. The second kappa shape index (κ2) is 6.90. The Morgan fingerprint density at radius 1 is 1.18 bits per heavy atom. The van der Waals surface area contributed by atoms with E-state index < -0.39 is 10.9 Å². The van der Waals surface area contributed by atoms with Crippen LogP contribution in [0.1, 0.15) is 25.7 Å². The molecule has 7 nitrogen and oxygen atoms in total. The smallest absolute Gasteiger partial charge is 0.348 e. The standard InChI is InChI=1S/C20H14N2O5S/c1-11-19(14-4-2-3-5-15(14)21-11)16(23)10-27-20(24)18-9-12-8-13(22(25)26)6-7-17(12)28-18/h2-9,21H,10H2,1H3. The van der Waals surface area contributed by atoms with Crippen LogP contribution in [0, 0.1) is 17.0 Å². The van der Waals surface area contributed by atoms with Gasteiger partial charge in [-0.25, -0.2) is 4.79 Å². The summed E-state index contributed by atoms with van der Waals surface area (Å²) in [6, 6.07) is 13.4. The summed E-state index contributed by atoms with van der Waals surface area (Å²) in [5, 5.41) is 12.2. The quantitative estimate of drug-likeness (QED) is 0.230. The van der Waals surface area contributed by atoms with Crippen LogP contribution in [0.2, 0.25) is 0 Å². The third-order valence-electron chi connectivity index (χ3n) is 4.42. The third-order valence-corrected chi connectivity index (χ3v) is 5.51. The number of aromatic amines is 1. The predicted octanol–water partition coefficient (Wildman–Crippen LogP) is 4.64. The highest BCUT2D eigenvalue weighted by atomic mass is 32.1. The molecule has 0 aliphatic heterocycles. The Labute approximate surface area is 162 Å². The van der Waals surface area contributed by atoms with Crippen molar-refractivity contribution in [2.24, 2.45) is 0 Å². The first-order chi connectivity index (χ1) is 13.4. The third kappa shape index (κ3) is 3.14. The van der Waals surface area contributed by atoms with E-state index >= 15 is 0 Å². The first-order valence-corrected chi connectivity index (χ1v) is 9.21. The number of carbonyl (C=O) groups excluding carboxylic acids is 2. The molecule has 4 rings (SSSR count). The number of ketones is 1. The van der Waals surface area contributed by atoms with E-state index in [1.54, 1.807) is 13.0 Å². The van der Waals surface area contributed by atoms with E-state index in [2.05, 4.69) is 4.98 Å². The number of esters is 1. The van der Waals surface area contributed by atoms with Crippen molar-refractivity contribution in [3.63, 3.8) is 0 Å². The zero-order valence-electron chi connectivity index (χ0n) is 14.7. The molecular weight excluding hydrogens is 380 g/mol. The summed E-state index contributed by atoms with van der Waals surface area (Å²) in [7, 11) is 0. The van der Waals surface area contributed by atoms with Gasteiger partial charge in [0.05, 0.1) is 4.92 Å². The lowest BCUT2D eigenvalue weighted by atomic mass is 10.1. The van der Waals surface area contributed by atoms with Crippen molar-refractivity contribution in [3.05, 3.63) is 74.8 Å². The Balaban J connectivity index is 1.52. The average Bonchev–Trinajstić information content (AvgIpc) is 3.25. The largest absolute Gasteiger partial charge is 0.453 e. The Kier molecular flexibility index (Phi) is 4.40. The zero-order chi connectivity index (χ0) is 19.8. The molecule has 0 bridgehead atoms. The average molecular weight is 394 g/mol. The molecule has 0 saturated carbocycles. The minimum atomic E-state index is -0.630. The number of H-pyrrole nitrogens is 1. The van der Waals surface area contributed by atoms with Crippen molar-refractivity contribution in [2.45, 2.75) is 6.92 Å². The fraction of sp³-hybridized carbons (Fsp3) is 0.100. The number of nitrogens with zero attached hydrogens (tertiary/aromatic N) is 1. The van der Waals surface area contributed by atoms with Gasteiger partial charge in [0.25, 0.3) is 5.69 Å². The Bertz CT molecular complexity index is 1250. The molecule has 0 fully saturated rings. The molecule has 140 valence electrons. The molecule has 0 saturated heterocycles. The second-order valence-electron chi connectivity index (χ2n) is 6.26. The van der Waals surface area contributed by atoms with E-state index in [0.29, 0.717) is 15.8 Å². The van der Waals surface area contributed by atoms with Crippen LogP contribution in [0.5, 0.6) is 0 Å². The molecule has 8 heteroatoms. The minimum absolute atomic E-state index is 0.0461. The number of nitrogens with one attached hydrogen (secondary N) is 1.